The van der Waals surface area contributed by atoms with Gasteiger partial charge >= 0.3 is 0 Å². The number of anilines is 1. The number of amides is 1. The van der Waals surface area contributed by atoms with Crippen LogP contribution < -0.4 is 5.32 Å². The third-order valence-electron chi connectivity index (χ3n) is 2.91. The lowest BCUT2D eigenvalue weighted by molar-refractivity contribution is 0.102. The number of carbonyl (C=O) groups excluding carboxylic acids is 1. The highest BCUT2D eigenvalue weighted by Crippen LogP contribution is 2.24. The Morgan fingerprint density at radius 1 is 1.42 bits per heavy atom. The molecule has 0 saturated heterocycles. The molecule has 0 aliphatic heterocycles. The van der Waals surface area contributed by atoms with Crippen molar-refractivity contribution < 1.29 is 4.79 Å². The van der Waals surface area contributed by atoms with E-state index in [1.54, 1.807) is 4.68 Å². The number of halogens is 2. The van der Waals surface area contributed by atoms with E-state index in [2.05, 4.69) is 48.9 Å². The number of hydrogen-bond acceptors (Lipinski definition) is 2. The summed E-state index contributed by atoms with van der Waals surface area (Å²) in [5.41, 5.74) is 3.03. The fourth-order valence-electron chi connectivity index (χ4n) is 1.88. The van der Waals surface area contributed by atoms with Gasteiger partial charge in [0.2, 0.25) is 0 Å². The number of aromatic nitrogens is 2. The van der Waals surface area contributed by atoms with Crippen molar-refractivity contribution in [3.63, 3.8) is 0 Å². The topological polar surface area (TPSA) is 46.9 Å². The lowest BCUT2D eigenvalue weighted by Gasteiger charge is -2.08. The number of aryl methyl sites for hydroxylation is 2. The number of hydrogen-bond donors (Lipinski definition) is 1. The lowest BCUT2D eigenvalue weighted by atomic mass is 10.2. The maximum atomic E-state index is 12.3. The molecule has 6 heteroatoms. The molecule has 19 heavy (non-hydrogen) atoms. The summed E-state index contributed by atoms with van der Waals surface area (Å²) in [6.45, 7) is 3.73. The number of benzene rings is 1. The first-order valence-corrected chi connectivity index (χ1v) is 7.54. The van der Waals surface area contributed by atoms with Gasteiger partial charge in [-0.25, -0.2) is 0 Å². The standard InChI is InChI=1S/C13H13BrIN3O/c1-7-12(8(2)18(3)17-7)13(19)16-11-6-9(14)4-5-10(11)15/h4-6H,1-3H3,(H,16,19). The average molecular weight is 434 g/mol. The summed E-state index contributed by atoms with van der Waals surface area (Å²) in [7, 11) is 1.84. The van der Waals surface area contributed by atoms with Gasteiger partial charge in [-0.3, -0.25) is 9.48 Å². The van der Waals surface area contributed by atoms with Crippen molar-refractivity contribution in [1.29, 1.82) is 0 Å². The van der Waals surface area contributed by atoms with Gasteiger partial charge in [0.1, 0.15) is 0 Å². The minimum atomic E-state index is -0.126. The maximum absolute atomic E-state index is 12.3. The predicted molar refractivity (Wildman–Crippen MR) is 87.5 cm³/mol. The largest absolute Gasteiger partial charge is 0.321 e. The van der Waals surface area contributed by atoms with Crippen molar-refractivity contribution in [3.8, 4) is 0 Å². The molecular formula is C13H13BrIN3O. The Kier molecular flexibility index (Phi) is 4.29. The summed E-state index contributed by atoms with van der Waals surface area (Å²) in [5.74, 6) is -0.126. The molecule has 0 saturated carbocycles. The summed E-state index contributed by atoms with van der Waals surface area (Å²) >= 11 is 5.60. The summed E-state index contributed by atoms with van der Waals surface area (Å²) < 4.78 is 3.65. The molecular weight excluding hydrogens is 421 g/mol. The summed E-state index contributed by atoms with van der Waals surface area (Å²) in [6, 6.07) is 5.78. The highest BCUT2D eigenvalue weighted by atomic mass is 127. The Morgan fingerprint density at radius 3 is 2.68 bits per heavy atom. The summed E-state index contributed by atoms with van der Waals surface area (Å²) in [5, 5.41) is 7.19. The molecule has 0 radical (unpaired) electrons. The minimum absolute atomic E-state index is 0.126. The number of nitrogens with zero attached hydrogens (tertiary/aromatic N) is 2. The number of carbonyl (C=O) groups is 1. The molecule has 2 aromatic rings. The van der Waals surface area contributed by atoms with Gasteiger partial charge in [0.25, 0.3) is 5.91 Å². The van der Waals surface area contributed by atoms with Crippen LogP contribution in [0.25, 0.3) is 0 Å². The Morgan fingerprint density at radius 2 is 2.11 bits per heavy atom. The molecule has 1 aromatic heterocycles. The normalized spacial score (nSPS) is 10.6. The van der Waals surface area contributed by atoms with Crippen LogP contribution in [0.1, 0.15) is 21.7 Å². The molecule has 0 bridgehead atoms. The second-order valence-corrected chi connectivity index (χ2v) is 6.33. The van der Waals surface area contributed by atoms with Crippen LogP contribution in [0.2, 0.25) is 0 Å². The minimum Gasteiger partial charge on any atom is -0.321 e. The second-order valence-electron chi connectivity index (χ2n) is 4.25. The fraction of sp³-hybridized carbons (Fsp3) is 0.231. The van der Waals surface area contributed by atoms with Gasteiger partial charge in [-0.05, 0) is 54.6 Å². The van der Waals surface area contributed by atoms with E-state index < -0.39 is 0 Å². The van der Waals surface area contributed by atoms with Crippen molar-refractivity contribution in [2.75, 3.05) is 5.32 Å². The van der Waals surface area contributed by atoms with Crippen LogP contribution >= 0.6 is 38.5 Å². The Bertz CT molecular complexity index is 652. The molecule has 0 unspecified atom stereocenters. The first-order chi connectivity index (χ1) is 8.90. The molecule has 1 aromatic carbocycles. The maximum Gasteiger partial charge on any atom is 0.259 e. The fourth-order valence-corrected chi connectivity index (χ4v) is 2.71. The van der Waals surface area contributed by atoms with Gasteiger partial charge in [-0.2, -0.15) is 5.10 Å². The van der Waals surface area contributed by atoms with Gasteiger partial charge in [-0.1, -0.05) is 15.9 Å². The molecule has 4 nitrogen and oxygen atoms in total. The summed E-state index contributed by atoms with van der Waals surface area (Å²) in [6.07, 6.45) is 0. The van der Waals surface area contributed by atoms with Crippen LogP contribution in [0.4, 0.5) is 5.69 Å². The van der Waals surface area contributed by atoms with Crippen molar-refractivity contribution in [2.24, 2.45) is 7.05 Å². The highest BCUT2D eigenvalue weighted by Gasteiger charge is 2.18. The molecule has 0 aliphatic rings. The Hall–Kier alpha value is -0.890. The molecule has 0 aliphatic carbocycles. The number of nitrogens with one attached hydrogen (secondary N) is 1. The van der Waals surface area contributed by atoms with Crippen molar-refractivity contribution >= 4 is 50.1 Å². The Balaban J connectivity index is 2.33. The van der Waals surface area contributed by atoms with E-state index in [0.717, 1.165) is 25.1 Å². The smallest absolute Gasteiger partial charge is 0.259 e. The molecule has 0 spiro atoms. The molecule has 1 heterocycles. The highest BCUT2D eigenvalue weighted by molar-refractivity contribution is 14.1. The SMILES string of the molecule is Cc1nn(C)c(C)c1C(=O)Nc1cc(Br)ccc1I. The average Bonchev–Trinajstić information content (AvgIpc) is 2.58. The molecule has 2 rings (SSSR count). The zero-order valence-electron chi connectivity index (χ0n) is 10.8. The first kappa shape index (κ1) is 14.5. The van der Waals surface area contributed by atoms with Crippen LogP contribution in [0.15, 0.2) is 22.7 Å². The van der Waals surface area contributed by atoms with E-state index in [4.69, 9.17) is 0 Å². The van der Waals surface area contributed by atoms with Gasteiger partial charge in [0, 0.05) is 20.8 Å². The molecule has 0 atom stereocenters. The van der Waals surface area contributed by atoms with Gasteiger partial charge in [0.15, 0.2) is 0 Å². The van der Waals surface area contributed by atoms with E-state index in [9.17, 15) is 4.79 Å². The van der Waals surface area contributed by atoms with E-state index in [-0.39, 0.29) is 5.91 Å². The van der Waals surface area contributed by atoms with Crippen LogP contribution in [0.3, 0.4) is 0 Å². The van der Waals surface area contributed by atoms with Crippen molar-refractivity contribution in [2.45, 2.75) is 13.8 Å². The van der Waals surface area contributed by atoms with Crippen LogP contribution in [-0.2, 0) is 7.05 Å². The predicted octanol–water partition coefficient (Wildman–Crippen LogP) is 3.66. The van der Waals surface area contributed by atoms with Crippen molar-refractivity contribution in [1.82, 2.24) is 9.78 Å². The van der Waals surface area contributed by atoms with Gasteiger partial charge < -0.3 is 5.32 Å². The zero-order valence-corrected chi connectivity index (χ0v) is 14.5. The van der Waals surface area contributed by atoms with E-state index >= 15 is 0 Å². The third-order valence-corrected chi connectivity index (χ3v) is 4.35. The van der Waals surface area contributed by atoms with E-state index in [1.165, 1.54) is 0 Å². The second kappa shape index (κ2) is 5.62. The summed E-state index contributed by atoms with van der Waals surface area (Å²) in [4.78, 5) is 12.3. The van der Waals surface area contributed by atoms with Crippen LogP contribution in [0.5, 0.6) is 0 Å². The monoisotopic (exact) mass is 433 g/mol. The Labute approximate surface area is 133 Å². The quantitative estimate of drug-likeness (QED) is 0.734. The molecule has 0 fully saturated rings. The van der Waals surface area contributed by atoms with Crippen LogP contribution in [-0.4, -0.2) is 15.7 Å². The lowest BCUT2D eigenvalue weighted by Crippen LogP contribution is -2.14. The van der Waals surface area contributed by atoms with Crippen molar-refractivity contribution in [3.05, 3.63) is 43.2 Å². The third kappa shape index (κ3) is 3.00. The van der Waals surface area contributed by atoms with E-state index in [0.29, 0.717) is 5.56 Å². The van der Waals surface area contributed by atoms with Gasteiger partial charge in [0.05, 0.1) is 16.9 Å². The first-order valence-electron chi connectivity index (χ1n) is 5.66. The molecule has 100 valence electrons. The van der Waals surface area contributed by atoms with Gasteiger partial charge in [-0.15, -0.1) is 0 Å². The van der Waals surface area contributed by atoms with E-state index in [1.807, 2.05) is 39.1 Å². The number of rotatable bonds is 2. The zero-order chi connectivity index (χ0) is 14.2. The molecule has 1 N–H and O–H groups in total. The van der Waals surface area contributed by atoms with Crippen LogP contribution in [0, 0.1) is 17.4 Å². The molecule has 1 amide bonds.